The molecule has 0 bridgehead atoms. The summed E-state index contributed by atoms with van der Waals surface area (Å²) in [5.74, 6) is 0.407. The summed E-state index contributed by atoms with van der Waals surface area (Å²) in [6.07, 6.45) is 1.75. The molecule has 1 heterocycles. The third kappa shape index (κ3) is 2.78. The minimum Gasteiger partial charge on any atom is -0.360 e. The van der Waals surface area contributed by atoms with Gasteiger partial charge in [0.25, 0.3) is 5.91 Å². The summed E-state index contributed by atoms with van der Waals surface area (Å²) in [4.78, 5) is 15.2. The highest BCUT2D eigenvalue weighted by Crippen LogP contribution is 2.29. The van der Waals surface area contributed by atoms with E-state index in [-0.39, 0.29) is 5.91 Å². The van der Waals surface area contributed by atoms with E-state index in [4.69, 9.17) is 0 Å². The van der Waals surface area contributed by atoms with E-state index in [1.807, 2.05) is 12.1 Å². The molecule has 1 aromatic carbocycles. The lowest BCUT2D eigenvalue weighted by Crippen LogP contribution is -2.27. The van der Waals surface area contributed by atoms with Crippen molar-refractivity contribution in [3.05, 3.63) is 32.8 Å². The number of hydrogen-bond acceptors (Lipinski definition) is 1. The van der Waals surface area contributed by atoms with Crippen molar-refractivity contribution in [2.45, 2.75) is 13.8 Å². The van der Waals surface area contributed by atoms with E-state index in [2.05, 4.69) is 56.0 Å². The molecule has 96 valence electrons. The Balaban J connectivity index is 2.34. The average Bonchev–Trinajstić information content (AvgIpc) is 2.69. The highest BCUT2D eigenvalue weighted by Gasteiger charge is 2.13. The van der Waals surface area contributed by atoms with Crippen molar-refractivity contribution in [3.8, 4) is 0 Å². The van der Waals surface area contributed by atoms with Gasteiger partial charge in [-0.25, -0.2) is 0 Å². The predicted octanol–water partition coefficient (Wildman–Crippen LogP) is 4.08. The fraction of sp³-hybridized carbons (Fsp3) is 0.308. The fourth-order valence-electron chi connectivity index (χ4n) is 1.70. The van der Waals surface area contributed by atoms with Crippen molar-refractivity contribution in [2.24, 2.45) is 5.92 Å². The molecule has 0 spiro atoms. The number of halogens is 2. The van der Waals surface area contributed by atoms with Crippen molar-refractivity contribution in [1.82, 2.24) is 10.3 Å². The van der Waals surface area contributed by atoms with E-state index < -0.39 is 0 Å². The van der Waals surface area contributed by atoms with Crippen LogP contribution in [0.4, 0.5) is 0 Å². The number of rotatable bonds is 3. The van der Waals surface area contributed by atoms with Gasteiger partial charge in [0.15, 0.2) is 0 Å². The number of fused-ring (bicyclic) bond motifs is 1. The van der Waals surface area contributed by atoms with Crippen LogP contribution in [0.5, 0.6) is 0 Å². The van der Waals surface area contributed by atoms with Gasteiger partial charge in [0, 0.05) is 32.6 Å². The van der Waals surface area contributed by atoms with E-state index in [9.17, 15) is 4.79 Å². The zero-order chi connectivity index (χ0) is 13.3. The number of carbonyl (C=O) groups excluding carboxylic acids is 1. The van der Waals surface area contributed by atoms with Crippen LogP contribution in [0, 0.1) is 5.92 Å². The highest BCUT2D eigenvalue weighted by molar-refractivity contribution is 9.13. The zero-order valence-corrected chi connectivity index (χ0v) is 13.4. The molecular weight excluding hydrogens is 360 g/mol. The molecule has 5 heteroatoms. The third-order valence-electron chi connectivity index (χ3n) is 2.64. The molecule has 2 N–H and O–H groups in total. The first-order chi connectivity index (χ1) is 8.49. The lowest BCUT2D eigenvalue weighted by Gasteiger charge is -2.06. The van der Waals surface area contributed by atoms with Gasteiger partial charge in [0.1, 0.15) is 0 Å². The van der Waals surface area contributed by atoms with Crippen LogP contribution in [-0.4, -0.2) is 17.4 Å². The van der Waals surface area contributed by atoms with Gasteiger partial charge in [-0.15, -0.1) is 0 Å². The van der Waals surface area contributed by atoms with E-state index in [1.165, 1.54) is 0 Å². The molecule has 0 unspecified atom stereocenters. The highest BCUT2D eigenvalue weighted by atomic mass is 79.9. The van der Waals surface area contributed by atoms with Gasteiger partial charge in [0.05, 0.1) is 5.56 Å². The third-order valence-corrected chi connectivity index (χ3v) is 4.48. The summed E-state index contributed by atoms with van der Waals surface area (Å²) in [7, 11) is 0. The standard InChI is InChI=1S/C13H14Br2N2O/c1-7(2)5-17-13(18)9-6-16-12-4-11(15)10(14)3-8(9)12/h3-4,6-7,16H,5H2,1-2H3,(H,17,18). The van der Waals surface area contributed by atoms with Crippen molar-refractivity contribution in [1.29, 1.82) is 0 Å². The number of H-pyrrole nitrogens is 1. The molecule has 0 radical (unpaired) electrons. The van der Waals surface area contributed by atoms with Crippen LogP contribution in [0.2, 0.25) is 0 Å². The molecule has 2 rings (SSSR count). The summed E-state index contributed by atoms with van der Waals surface area (Å²) in [5, 5.41) is 3.85. The first-order valence-electron chi connectivity index (χ1n) is 5.73. The van der Waals surface area contributed by atoms with E-state index in [1.54, 1.807) is 6.20 Å². The Morgan fingerprint density at radius 1 is 1.33 bits per heavy atom. The fourth-order valence-corrected chi connectivity index (χ4v) is 2.38. The Kier molecular flexibility index (Phi) is 4.12. The second-order valence-corrected chi connectivity index (χ2v) is 6.33. The summed E-state index contributed by atoms with van der Waals surface area (Å²) in [5.41, 5.74) is 1.62. The van der Waals surface area contributed by atoms with Gasteiger partial charge in [-0.05, 0) is 49.9 Å². The van der Waals surface area contributed by atoms with Gasteiger partial charge in [0.2, 0.25) is 0 Å². The molecule has 0 atom stereocenters. The Hall–Kier alpha value is -0.810. The second kappa shape index (κ2) is 5.45. The molecule has 0 aliphatic rings. The van der Waals surface area contributed by atoms with Gasteiger partial charge in [-0.1, -0.05) is 13.8 Å². The van der Waals surface area contributed by atoms with Gasteiger partial charge in [-0.3, -0.25) is 4.79 Å². The van der Waals surface area contributed by atoms with E-state index >= 15 is 0 Å². The quantitative estimate of drug-likeness (QED) is 0.836. The molecule has 0 saturated heterocycles. The number of aromatic amines is 1. The predicted molar refractivity (Wildman–Crippen MR) is 80.9 cm³/mol. The normalized spacial score (nSPS) is 11.2. The van der Waals surface area contributed by atoms with Crippen LogP contribution >= 0.6 is 31.9 Å². The first-order valence-corrected chi connectivity index (χ1v) is 7.32. The molecule has 1 aromatic heterocycles. The molecule has 0 saturated carbocycles. The minimum atomic E-state index is -0.0378. The Morgan fingerprint density at radius 2 is 2.00 bits per heavy atom. The SMILES string of the molecule is CC(C)CNC(=O)c1c[nH]c2cc(Br)c(Br)cc12. The molecule has 0 aliphatic carbocycles. The van der Waals surface area contributed by atoms with Crippen LogP contribution in [0.25, 0.3) is 10.9 Å². The lowest BCUT2D eigenvalue weighted by atomic mass is 10.1. The van der Waals surface area contributed by atoms with Gasteiger partial charge < -0.3 is 10.3 Å². The molecule has 0 aliphatic heterocycles. The number of amides is 1. The maximum Gasteiger partial charge on any atom is 0.253 e. The molecular formula is C13H14Br2N2O. The van der Waals surface area contributed by atoms with Crippen molar-refractivity contribution in [3.63, 3.8) is 0 Å². The molecule has 2 aromatic rings. The lowest BCUT2D eigenvalue weighted by molar-refractivity contribution is 0.0950. The zero-order valence-electron chi connectivity index (χ0n) is 10.2. The number of benzene rings is 1. The maximum absolute atomic E-state index is 12.1. The average molecular weight is 374 g/mol. The van der Waals surface area contributed by atoms with Crippen LogP contribution < -0.4 is 5.32 Å². The van der Waals surface area contributed by atoms with Crippen LogP contribution in [0.1, 0.15) is 24.2 Å². The Labute approximate surface area is 123 Å². The number of carbonyl (C=O) groups is 1. The summed E-state index contributed by atoms with van der Waals surface area (Å²) in [6, 6.07) is 3.90. The minimum absolute atomic E-state index is 0.0378. The van der Waals surface area contributed by atoms with Crippen LogP contribution in [-0.2, 0) is 0 Å². The topological polar surface area (TPSA) is 44.9 Å². The number of aromatic nitrogens is 1. The largest absolute Gasteiger partial charge is 0.360 e. The number of nitrogens with one attached hydrogen (secondary N) is 2. The van der Waals surface area contributed by atoms with Crippen molar-refractivity contribution >= 4 is 48.7 Å². The van der Waals surface area contributed by atoms with E-state index in [0.717, 1.165) is 19.8 Å². The van der Waals surface area contributed by atoms with Crippen LogP contribution in [0.15, 0.2) is 27.3 Å². The molecule has 0 fully saturated rings. The Bertz CT molecular complexity index is 590. The molecule has 18 heavy (non-hydrogen) atoms. The smallest absolute Gasteiger partial charge is 0.253 e. The van der Waals surface area contributed by atoms with Gasteiger partial charge >= 0.3 is 0 Å². The summed E-state index contributed by atoms with van der Waals surface area (Å²) >= 11 is 6.90. The molecule has 1 amide bonds. The Morgan fingerprint density at radius 3 is 2.67 bits per heavy atom. The van der Waals surface area contributed by atoms with Crippen LogP contribution in [0.3, 0.4) is 0 Å². The summed E-state index contributed by atoms with van der Waals surface area (Å²) < 4.78 is 1.90. The molecule has 3 nitrogen and oxygen atoms in total. The number of hydrogen-bond donors (Lipinski definition) is 2. The van der Waals surface area contributed by atoms with Crippen molar-refractivity contribution < 1.29 is 4.79 Å². The van der Waals surface area contributed by atoms with Crippen molar-refractivity contribution in [2.75, 3.05) is 6.54 Å². The summed E-state index contributed by atoms with van der Waals surface area (Å²) in [6.45, 7) is 4.83. The van der Waals surface area contributed by atoms with Gasteiger partial charge in [-0.2, -0.15) is 0 Å². The monoisotopic (exact) mass is 372 g/mol. The maximum atomic E-state index is 12.1. The van der Waals surface area contributed by atoms with E-state index in [0.29, 0.717) is 18.0 Å². The second-order valence-electron chi connectivity index (χ2n) is 4.62. The first kappa shape index (κ1) is 13.6.